The predicted octanol–water partition coefficient (Wildman–Crippen LogP) is 3.84. The summed E-state index contributed by atoms with van der Waals surface area (Å²) < 4.78 is 25.4. The van der Waals surface area contributed by atoms with Gasteiger partial charge >= 0.3 is 0 Å². The Labute approximate surface area is 107 Å². The summed E-state index contributed by atoms with van der Waals surface area (Å²) in [6, 6.07) is 6.26. The van der Waals surface area contributed by atoms with Crippen LogP contribution in [-0.4, -0.2) is 11.2 Å². The summed E-state index contributed by atoms with van der Waals surface area (Å²) in [6.07, 6.45) is -1.13. The van der Waals surface area contributed by atoms with Crippen LogP contribution in [0.1, 0.15) is 23.2 Å². The van der Waals surface area contributed by atoms with E-state index in [0.29, 0.717) is 10.7 Å². The maximum Gasteiger partial charge on any atom is 0.264 e. The van der Waals surface area contributed by atoms with E-state index in [0.717, 1.165) is 5.69 Å². The number of benzene rings is 1. The molecule has 0 saturated heterocycles. The third-order valence-corrected chi connectivity index (χ3v) is 3.08. The lowest BCUT2D eigenvalue weighted by atomic mass is 10.1. The van der Waals surface area contributed by atoms with Gasteiger partial charge in [-0.3, -0.25) is 5.43 Å². The Bertz CT molecular complexity index is 552. The number of hydrogen-bond acceptors (Lipinski definition) is 4. The van der Waals surface area contributed by atoms with Crippen LogP contribution in [0.5, 0.6) is 0 Å². The number of rotatable bonds is 4. The minimum atomic E-state index is -2.50. The van der Waals surface area contributed by atoms with Crippen LogP contribution < -0.4 is 5.43 Å². The second-order valence-electron chi connectivity index (χ2n) is 3.59. The summed E-state index contributed by atoms with van der Waals surface area (Å²) in [5.74, 6) is 0. The summed E-state index contributed by atoms with van der Waals surface area (Å²) >= 11 is 1.41. The second-order valence-corrected chi connectivity index (χ2v) is 4.45. The number of hydrogen-bond donors (Lipinski definition) is 1. The van der Waals surface area contributed by atoms with E-state index in [-0.39, 0.29) is 5.56 Å². The summed E-state index contributed by atoms with van der Waals surface area (Å²) in [6.45, 7) is 1.87. The van der Waals surface area contributed by atoms with Crippen molar-refractivity contribution in [3.05, 3.63) is 46.5 Å². The second kappa shape index (κ2) is 5.68. The van der Waals surface area contributed by atoms with E-state index in [1.54, 1.807) is 18.2 Å². The van der Waals surface area contributed by atoms with Crippen LogP contribution in [0, 0.1) is 6.92 Å². The number of halogens is 2. The molecule has 0 radical (unpaired) electrons. The molecule has 0 aliphatic heterocycles. The maximum absolute atomic E-state index is 12.7. The normalized spacial score (nSPS) is 11.3. The van der Waals surface area contributed by atoms with Crippen molar-refractivity contribution in [2.75, 3.05) is 5.43 Å². The molecule has 0 unspecified atom stereocenters. The van der Waals surface area contributed by atoms with E-state index >= 15 is 0 Å². The molecule has 0 fully saturated rings. The quantitative estimate of drug-likeness (QED) is 0.675. The van der Waals surface area contributed by atoms with Gasteiger partial charge in [-0.15, -0.1) is 11.3 Å². The first kappa shape index (κ1) is 12.6. The molecule has 0 atom stereocenters. The molecule has 2 aromatic rings. The number of nitrogens with zero attached hydrogens (tertiary/aromatic N) is 2. The topological polar surface area (TPSA) is 37.3 Å². The Morgan fingerprint density at radius 3 is 2.83 bits per heavy atom. The zero-order valence-electron chi connectivity index (χ0n) is 9.60. The van der Waals surface area contributed by atoms with E-state index < -0.39 is 6.43 Å². The molecule has 2 rings (SSSR count). The molecule has 3 nitrogen and oxygen atoms in total. The average molecular weight is 267 g/mol. The standard InChI is InChI=1S/C12H11F2N3S/c1-8-7-18-12(16-8)17-15-6-9-4-2-3-5-10(9)11(13)14/h2-7,11H,1H3,(H,16,17). The van der Waals surface area contributed by atoms with Crippen LogP contribution in [0.15, 0.2) is 34.7 Å². The lowest BCUT2D eigenvalue weighted by molar-refractivity contribution is 0.151. The molecular formula is C12H11F2N3S. The highest BCUT2D eigenvalue weighted by molar-refractivity contribution is 7.13. The van der Waals surface area contributed by atoms with Crippen molar-refractivity contribution in [2.45, 2.75) is 13.3 Å². The molecule has 0 aliphatic carbocycles. The highest BCUT2D eigenvalue weighted by atomic mass is 32.1. The first-order valence-electron chi connectivity index (χ1n) is 5.25. The van der Waals surface area contributed by atoms with Crippen LogP contribution in [0.2, 0.25) is 0 Å². The van der Waals surface area contributed by atoms with Crippen LogP contribution in [0.25, 0.3) is 0 Å². The summed E-state index contributed by atoms with van der Waals surface area (Å²) in [5.41, 5.74) is 3.97. The molecular weight excluding hydrogens is 256 g/mol. The first-order valence-corrected chi connectivity index (χ1v) is 6.13. The van der Waals surface area contributed by atoms with E-state index in [2.05, 4.69) is 15.5 Å². The van der Waals surface area contributed by atoms with Crippen LogP contribution in [0.3, 0.4) is 0 Å². The Morgan fingerprint density at radius 2 is 2.17 bits per heavy atom. The molecule has 0 aliphatic rings. The largest absolute Gasteiger partial charge is 0.264 e. The van der Waals surface area contributed by atoms with Crippen LogP contribution >= 0.6 is 11.3 Å². The third kappa shape index (κ3) is 3.10. The Kier molecular flexibility index (Phi) is 3.99. The lowest BCUT2D eigenvalue weighted by Gasteiger charge is -2.03. The number of aromatic nitrogens is 1. The number of aryl methyl sites for hydroxylation is 1. The lowest BCUT2D eigenvalue weighted by Crippen LogP contribution is -1.95. The number of alkyl halides is 2. The van der Waals surface area contributed by atoms with Crippen LogP contribution in [-0.2, 0) is 0 Å². The molecule has 1 N–H and O–H groups in total. The van der Waals surface area contributed by atoms with Gasteiger partial charge in [-0.1, -0.05) is 24.3 Å². The highest BCUT2D eigenvalue weighted by Crippen LogP contribution is 2.21. The molecule has 1 aromatic carbocycles. The number of nitrogens with one attached hydrogen (secondary N) is 1. The zero-order valence-corrected chi connectivity index (χ0v) is 10.4. The van der Waals surface area contributed by atoms with Crippen molar-refractivity contribution in [2.24, 2.45) is 5.10 Å². The summed E-state index contributed by atoms with van der Waals surface area (Å²) in [7, 11) is 0. The van der Waals surface area contributed by atoms with Crippen molar-refractivity contribution in [3.8, 4) is 0 Å². The molecule has 18 heavy (non-hydrogen) atoms. The number of thiazole rings is 1. The van der Waals surface area contributed by atoms with Crippen LogP contribution in [0.4, 0.5) is 13.9 Å². The number of hydrazone groups is 1. The van der Waals surface area contributed by atoms with E-state index in [1.165, 1.54) is 23.6 Å². The van der Waals surface area contributed by atoms with Crippen molar-refractivity contribution in [1.82, 2.24) is 4.98 Å². The van der Waals surface area contributed by atoms with Gasteiger partial charge in [-0.25, -0.2) is 13.8 Å². The van der Waals surface area contributed by atoms with E-state index in [9.17, 15) is 8.78 Å². The molecule has 0 amide bonds. The SMILES string of the molecule is Cc1csc(NN=Cc2ccccc2C(F)F)n1. The fourth-order valence-electron chi connectivity index (χ4n) is 1.39. The molecule has 0 bridgehead atoms. The minimum absolute atomic E-state index is 0.0293. The minimum Gasteiger partial charge on any atom is -0.253 e. The average Bonchev–Trinajstić information content (AvgIpc) is 2.75. The Morgan fingerprint density at radius 1 is 1.39 bits per heavy atom. The molecule has 1 heterocycles. The predicted molar refractivity (Wildman–Crippen MR) is 69.5 cm³/mol. The Hall–Kier alpha value is -1.82. The van der Waals surface area contributed by atoms with Crippen molar-refractivity contribution < 1.29 is 8.78 Å². The van der Waals surface area contributed by atoms with Gasteiger partial charge in [0.2, 0.25) is 5.13 Å². The summed E-state index contributed by atoms with van der Waals surface area (Å²) in [5, 5.41) is 6.43. The van der Waals surface area contributed by atoms with Gasteiger partial charge in [-0.2, -0.15) is 5.10 Å². The van der Waals surface area contributed by atoms with Gasteiger partial charge in [0.1, 0.15) is 0 Å². The van der Waals surface area contributed by atoms with Crippen molar-refractivity contribution in [1.29, 1.82) is 0 Å². The van der Waals surface area contributed by atoms with Gasteiger partial charge in [0, 0.05) is 16.5 Å². The van der Waals surface area contributed by atoms with Gasteiger partial charge in [0.05, 0.1) is 11.9 Å². The van der Waals surface area contributed by atoms with Gasteiger partial charge in [0.15, 0.2) is 0 Å². The zero-order chi connectivity index (χ0) is 13.0. The van der Waals surface area contributed by atoms with Gasteiger partial charge in [-0.05, 0) is 6.92 Å². The highest BCUT2D eigenvalue weighted by Gasteiger charge is 2.10. The first-order chi connectivity index (χ1) is 8.66. The van der Waals surface area contributed by atoms with E-state index in [1.807, 2.05) is 12.3 Å². The monoisotopic (exact) mass is 267 g/mol. The fraction of sp³-hybridized carbons (Fsp3) is 0.167. The summed E-state index contributed by atoms with van der Waals surface area (Å²) in [4.78, 5) is 4.14. The smallest absolute Gasteiger partial charge is 0.253 e. The molecule has 0 spiro atoms. The number of anilines is 1. The maximum atomic E-state index is 12.7. The third-order valence-electron chi connectivity index (χ3n) is 2.21. The van der Waals surface area contributed by atoms with Crippen molar-refractivity contribution in [3.63, 3.8) is 0 Å². The van der Waals surface area contributed by atoms with Gasteiger partial charge < -0.3 is 0 Å². The van der Waals surface area contributed by atoms with Gasteiger partial charge in [0.25, 0.3) is 6.43 Å². The molecule has 0 saturated carbocycles. The molecule has 1 aromatic heterocycles. The van der Waals surface area contributed by atoms with E-state index in [4.69, 9.17) is 0 Å². The Balaban J connectivity index is 2.09. The molecule has 94 valence electrons. The molecule has 6 heteroatoms. The van der Waals surface area contributed by atoms with Crippen molar-refractivity contribution >= 4 is 22.7 Å². The fourth-order valence-corrected chi connectivity index (χ4v) is 2.03.